The van der Waals surface area contributed by atoms with E-state index in [1.54, 1.807) is 4.90 Å². The minimum Gasteiger partial charge on any atom is -0.486 e. The third-order valence-corrected chi connectivity index (χ3v) is 5.76. The average molecular weight is 415 g/mol. The van der Waals surface area contributed by atoms with Crippen molar-refractivity contribution >= 4 is 28.8 Å². The number of rotatable bonds is 7. The third-order valence-electron chi connectivity index (χ3n) is 4.64. The number of halogens is 1. The molecule has 0 N–H and O–H groups in total. The van der Waals surface area contributed by atoms with Crippen LogP contribution in [-0.2, 0) is 17.8 Å². The molecular weight excluding hydrogens is 392 g/mol. The average Bonchev–Trinajstić information content (AvgIpc) is 3.14. The quantitative estimate of drug-likeness (QED) is 0.516. The van der Waals surface area contributed by atoms with Gasteiger partial charge in [0.25, 0.3) is 0 Å². The molecule has 0 bridgehead atoms. The first kappa shape index (κ1) is 20.4. The Balaban J connectivity index is 1.55. The molecule has 0 aliphatic rings. The topological polar surface area (TPSA) is 42.4 Å². The Morgan fingerprint density at radius 3 is 2.54 bits per heavy atom. The smallest absolute Gasteiger partial charge is 0.228 e. The number of hydrogen-bond donors (Lipinski definition) is 0. The van der Waals surface area contributed by atoms with Gasteiger partial charge < -0.3 is 9.64 Å². The normalized spacial score (nSPS) is 11.9. The van der Waals surface area contributed by atoms with E-state index in [1.165, 1.54) is 16.9 Å². The molecule has 0 unspecified atom stereocenters. The Bertz CT molecular complexity index is 922. The number of nitrogens with zero attached hydrogens (tertiary/aromatic N) is 2. The lowest BCUT2D eigenvalue weighted by Gasteiger charge is -2.25. The Hall–Kier alpha value is -2.37. The van der Waals surface area contributed by atoms with E-state index in [9.17, 15) is 4.79 Å². The van der Waals surface area contributed by atoms with Gasteiger partial charge in [-0.05, 0) is 43.7 Å². The number of aromatic nitrogens is 1. The summed E-state index contributed by atoms with van der Waals surface area (Å²) in [6.45, 7) is 4.45. The molecule has 1 aromatic heterocycles. The molecule has 146 valence electrons. The van der Waals surface area contributed by atoms with Crippen LogP contribution in [0.1, 0.15) is 34.8 Å². The van der Waals surface area contributed by atoms with Crippen molar-refractivity contribution in [3.05, 3.63) is 80.8 Å². The highest BCUT2D eigenvalue weighted by Gasteiger charge is 2.19. The number of aryl methyl sites for hydroxylation is 1. The molecule has 2 aromatic carbocycles. The first-order chi connectivity index (χ1) is 13.4. The molecule has 0 radical (unpaired) electrons. The van der Waals surface area contributed by atoms with Crippen LogP contribution in [0.5, 0.6) is 5.75 Å². The summed E-state index contributed by atoms with van der Waals surface area (Å²) in [5.41, 5.74) is 3.01. The van der Waals surface area contributed by atoms with Crippen molar-refractivity contribution in [2.75, 3.05) is 7.05 Å². The summed E-state index contributed by atoms with van der Waals surface area (Å²) in [5, 5.41) is 3.47. The zero-order valence-corrected chi connectivity index (χ0v) is 17.8. The highest BCUT2D eigenvalue weighted by atomic mass is 35.5. The fourth-order valence-electron chi connectivity index (χ4n) is 2.74. The summed E-state index contributed by atoms with van der Waals surface area (Å²) in [6.07, 6.45) is 0.273. The van der Waals surface area contributed by atoms with E-state index in [0.717, 1.165) is 22.0 Å². The zero-order chi connectivity index (χ0) is 20.1. The van der Waals surface area contributed by atoms with Crippen LogP contribution in [-0.4, -0.2) is 22.8 Å². The van der Waals surface area contributed by atoms with E-state index in [0.29, 0.717) is 11.6 Å². The standard InChI is InChI=1S/C22H23ClN2O2S/c1-15-4-10-20(11-5-15)27-13-21-24-19(14-28-21)12-22(26)25(3)16(2)17-6-8-18(23)9-7-17/h4-11,14,16H,12-13H2,1-3H3/t16-/m0/s1. The summed E-state index contributed by atoms with van der Waals surface area (Å²) in [4.78, 5) is 18.9. The van der Waals surface area contributed by atoms with Gasteiger partial charge in [0.05, 0.1) is 18.2 Å². The molecule has 1 amide bonds. The van der Waals surface area contributed by atoms with Crippen molar-refractivity contribution in [3.63, 3.8) is 0 Å². The number of thiazole rings is 1. The monoisotopic (exact) mass is 414 g/mol. The SMILES string of the molecule is Cc1ccc(OCc2nc(CC(=O)N(C)[C@@H](C)c3ccc(Cl)cc3)cs2)cc1. The molecule has 0 aliphatic heterocycles. The van der Waals surface area contributed by atoms with E-state index in [1.807, 2.05) is 74.8 Å². The lowest BCUT2D eigenvalue weighted by atomic mass is 10.1. The van der Waals surface area contributed by atoms with Gasteiger partial charge in [-0.2, -0.15) is 0 Å². The second-order valence-electron chi connectivity index (χ2n) is 6.74. The molecule has 0 aliphatic carbocycles. The second-order valence-corrected chi connectivity index (χ2v) is 8.12. The van der Waals surface area contributed by atoms with Crippen LogP contribution in [0.25, 0.3) is 0 Å². The maximum Gasteiger partial charge on any atom is 0.228 e. The first-order valence-electron chi connectivity index (χ1n) is 9.06. The van der Waals surface area contributed by atoms with Gasteiger partial charge in [-0.1, -0.05) is 41.4 Å². The summed E-state index contributed by atoms with van der Waals surface area (Å²) in [6, 6.07) is 15.4. The van der Waals surface area contributed by atoms with Gasteiger partial charge in [-0.15, -0.1) is 11.3 Å². The predicted octanol–water partition coefficient (Wildman–Crippen LogP) is 5.45. The van der Waals surface area contributed by atoms with Crippen molar-refractivity contribution in [3.8, 4) is 5.75 Å². The predicted molar refractivity (Wildman–Crippen MR) is 114 cm³/mol. The molecule has 1 heterocycles. The third kappa shape index (κ3) is 5.33. The Morgan fingerprint density at radius 1 is 1.18 bits per heavy atom. The fourth-order valence-corrected chi connectivity index (χ4v) is 3.57. The van der Waals surface area contributed by atoms with Crippen LogP contribution >= 0.6 is 22.9 Å². The van der Waals surface area contributed by atoms with Crippen molar-refractivity contribution < 1.29 is 9.53 Å². The number of hydrogen-bond acceptors (Lipinski definition) is 4. The minimum absolute atomic E-state index is 0.0266. The molecule has 1 atom stereocenters. The van der Waals surface area contributed by atoms with Gasteiger partial charge in [-0.25, -0.2) is 4.98 Å². The molecule has 0 saturated carbocycles. The van der Waals surface area contributed by atoms with E-state index in [2.05, 4.69) is 4.98 Å². The second kappa shape index (κ2) is 9.22. The number of carbonyl (C=O) groups excluding carboxylic acids is 1. The highest BCUT2D eigenvalue weighted by Crippen LogP contribution is 2.22. The van der Waals surface area contributed by atoms with Gasteiger partial charge in [-0.3, -0.25) is 4.79 Å². The highest BCUT2D eigenvalue weighted by molar-refractivity contribution is 7.09. The molecule has 4 nitrogen and oxygen atoms in total. The van der Waals surface area contributed by atoms with Crippen molar-refractivity contribution in [1.29, 1.82) is 0 Å². The van der Waals surface area contributed by atoms with Crippen LogP contribution in [0.2, 0.25) is 5.02 Å². The van der Waals surface area contributed by atoms with Crippen LogP contribution in [0.15, 0.2) is 53.9 Å². The van der Waals surface area contributed by atoms with Crippen molar-refractivity contribution in [2.45, 2.75) is 32.9 Å². The van der Waals surface area contributed by atoms with Gasteiger partial charge >= 0.3 is 0 Å². The molecule has 0 saturated heterocycles. The Kier molecular flexibility index (Phi) is 6.70. The molecule has 3 aromatic rings. The van der Waals surface area contributed by atoms with Crippen LogP contribution < -0.4 is 4.74 Å². The molecule has 0 spiro atoms. The molecule has 0 fully saturated rings. The zero-order valence-electron chi connectivity index (χ0n) is 16.2. The Morgan fingerprint density at radius 2 is 1.86 bits per heavy atom. The van der Waals surface area contributed by atoms with E-state index in [4.69, 9.17) is 16.3 Å². The van der Waals surface area contributed by atoms with E-state index < -0.39 is 0 Å². The molecule has 6 heteroatoms. The Labute approximate surface area is 174 Å². The fraction of sp³-hybridized carbons (Fsp3) is 0.273. The molecule has 3 rings (SSSR count). The van der Waals surface area contributed by atoms with E-state index in [-0.39, 0.29) is 18.4 Å². The number of benzene rings is 2. The summed E-state index contributed by atoms with van der Waals surface area (Å²) < 4.78 is 5.76. The summed E-state index contributed by atoms with van der Waals surface area (Å²) in [5.74, 6) is 0.841. The van der Waals surface area contributed by atoms with Crippen molar-refractivity contribution in [2.24, 2.45) is 0 Å². The van der Waals surface area contributed by atoms with Crippen LogP contribution in [0, 0.1) is 6.92 Å². The number of likely N-dealkylation sites (N-methyl/N-ethyl adjacent to an activating group) is 1. The largest absolute Gasteiger partial charge is 0.486 e. The number of carbonyl (C=O) groups is 1. The lowest BCUT2D eigenvalue weighted by molar-refractivity contribution is -0.131. The van der Waals surface area contributed by atoms with Crippen LogP contribution in [0.4, 0.5) is 0 Å². The van der Waals surface area contributed by atoms with Crippen molar-refractivity contribution in [1.82, 2.24) is 9.88 Å². The van der Waals surface area contributed by atoms with E-state index >= 15 is 0 Å². The van der Waals surface area contributed by atoms with Gasteiger partial charge in [0.1, 0.15) is 17.4 Å². The van der Waals surface area contributed by atoms with Gasteiger partial charge in [0, 0.05) is 17.5 Å². The molecular formula is C22H23ClN2O2S. The maximum absolute atomic E-state index is 12.6. The number of ether oxygens (including phenoxy) is 1. The molecule has 28 heavy (non-hydrogen) atoms. The van der Waals surface area contributed by atoms with Gasteiger partial charge in [0.2, 0.25) is 5.91 Å². The summed E-state index contributed by atoms with van der Waals surface area (Å²) in [7, 11) is 1.81. The van der Waals surface area contributed by atoms with Gasteiger partial charge in [0.15, 0.2) is 0 Å². The first-order valence-corrected chi connectivity index (χ1v) is 10.3. The maximum atomic E-state index is 12.6. The minimum atomic E-state index is -0.0345. The van der Waals surface area contributed by atoms with Crippen LogP contribution in [0.3, 0.4) is 0 Å². The summed E-state index contributed by atoms with van der Waals surface area (Å²) >= 11 is 7.45. The lowest BCUT2D eigenvalue weighted by Crippen LogP contribution is -2.31. The number of amides is 1.